The van der Waals surface area contributed by atoms with Gasteiger partial charge in [0.15, 0.2) is 8.32 Å². The molecule has 0 bridgehead atoms. The van der Waals surface area contributed by atoms with E-state index in [9.17, 15) is 4.79 Å². The van der Waals surface area contributed by atoms with Gasteiger partial charge in [-0.3, -0.25) is 4.79 Å². The van der Waals surface area contributed by atoms with Gasteiger partial charge in [-0.1, -0.05) is 20.8 Å². The largest absolute Gasteiger partial charge is 0.466 e. The summed E-state index contributed by atoms with van der Waals surface area (Å²) < 4.78 is 27.9. The molecule has 1 aliphatic carbocycles. The summed E-state index contributed by atoms with van der Waals surface area (Å²) in [5.74, 6) is 0.376. The monoisotopic (exact) mass is 390 g/mol. The summed E-state index contributed by atoms with van der Waals surface area (Å²) in [5.41, 5.74) is 0. The van der Waals surface area contributed by atoms with Crippen LogP contribution in [0.2, 0.25) is 18.1 Å². The van der Waals surface area contributed by atoms with E-state index in [-0.39, 0.29) is 29.8 Å². The predicted octanol–water partition coefficient (Wildman–Crippen LogP) is 3.60. The molecule has 0 unspecified atom stereocenters. The Bertz CT molecular complexity index is 421. The normalized spacial score (nSPS) is 24.0. The van der Waals surface area contributed by atoms with Crippen molar-refractivity contribution in [3.63, 3.8) is 0 Å². The number of hydrogen-bond acceptors (Lipinski definition) is 6. The first-order chi connectivity index (χ1) is 12.1. The second-order valence-corrected chi connectivity index (χ2v) is 13.5. The van der Waals surface area contributed by atoms with E-state index in [4.69, 9.17) is 23.4 Å². The van der Waals surface area contributed by atoms with Gasteiger partial charge < -0.3 is 23.4 Å². The van der Waals surface area contributed by atoms with E-state index < -0.39 is 8.32 Å². The molecular formula is C19H38O6Si. The molecule has 0 radical (unpaired) electrons. The van der Waals surface area contributed by atoms with Crippen LogP contribution >= 0.6 is 0 Å². The number of ether oxygens (including phenoxy) is 4. The number of methoxy groups -OCH3 is 1. The van der Waals surface area contributed by atoms with Crippen molar-refractivity contribution in [3.8, 4) is 0 Å². The van der Waals surface area contributed by atoms with Crippen LogP contribution in [-0.4, -0.2) is 60.7 Å². The van der Waals surface area contributed by atoms with Gasteiger partial charge in [-0.15, -0.1) is 0 Å². The fraction of sp³-hybridized carbons (Fsp3) is 0.947. The molecular weight excluding hydrogens is 352 g/mol. The summed E-state index contributed by atoms with van der Waals surface area (Å²) in [5, 5.41) is 0.183. The molecule has 154 valence electrons. The second-order valence-electron chi connectivity index (χ2n) is 8.67. The molecule has 7 heteroatoms. The number of esters is 1. The molecule has 1 fully saturated rings. The topological polar surface area (TPSA) is 63.2 Å². The molecule has 6 nitrogen and oxygen atoms in total. The Kier molecular flexibility index (Phi) is 9.75. The third-order valence-corrected chi connectivity index (χ3v) is 10.1. The number of carbonyl (C=O) groups is 1. The standard InChI is InChI=1S/C19H38O6Si/c1-15(20)23-12-16-10-18(24-14-22-9-8-21-5)11-17(16)13-25-26(6,7)19(2,3)4/h16-18H,8-14H2,1-7H3/t16-,17-,18+/m0/s1. The first-order valence-electron chi connectivity index (χ1n) is 9.52. The smallest absolute Gasteiger partial charge is 0.302 e. The van der Waals surface area contributed by atoms with E-state index in [0.29, 0.717) is 32.3 Å². The maximum Gasteiger partial charge on any atom is 0.302 e. The summed E-state index contributed by atoms with van der Waals surface area (Å²) in [6.07, 6.45) is 1.90. The lowest BCUT2D eigenvalue weighted by atomic mass is 9.98. The lowest BCUT2D eigenvalue weighted by Crippen LogP contribution is -2.42. The van der Waals surface area contributed by atoms with Crippen LogP contribution < -0.4 is 0 Å². The fourth-order valence-electron chi connectivity index (χ4n) is 2.80. The molecule has 0 aromatic carbocycles. The molecule has 0 aromatic heterocycles. The van der Waals surface area contributed by atoms with E-state index in [2.05, 4.69) is 33.9 Å². The molecule has 0 amide bonds. The summed E-state index contributed by atoms with van der Waals surface area (Å²) in [7, 11) is -0.150. The number of hydrogen-bond donors (Lipinski definition) is 0. The van der Waals surface area contributed by atoms with Crippen LogP contribution in [0.1, 0.15) is 40.5 Å². The average Bonchev–Trinajstić information content (AvgIpc) is 2.92. The van der Waals surface area contributed by atoms with Crippen molar-refractivity contribution < 1.29 is 28.2 Å². The van der Waals surface area contributed by atoms with Crippen LogP contribution in [0.25, 0.3) is 0 Å². The van der Waals surface area contributed by atoms with Gasteiger partial charge in [0.25, 0.3) is 0 Å². The third-order valence-electron chi connectivity index (χ3n) is 5.58. The van der Waals surface area contributed by atoms with E-state index >= 15 is 0 Å². The van der Waals surface area contributed by atoms with Crippen LogP contribution in [0.5, 0.6) is 0 Å². The van der Waals surface area contributed by atoms with Crippen LogP contribution in [0.3, 0.4) is 0 Å². The van der Waals surface area contributed by atoms with Gasteiger partial charge >= 0.3 is 5.97 Å². The van der Waals surface area contributed by atoms with E-state index in [1.54, 1.807) is 7.11 Å². The summed E-state index contributed by atoms with van der Waals surface area (Å²) in [6.45, 7) is 15.2. The molecule has 0 aliphatic heterocycles. The zero-order chi connectivity index (χ0) is 19.8. The zero-order valence-corrected chi connectivity index (χ0v) is 18.6. The molecule has 3 atom stereocenters. The Labute approximate surface area is 160 Å². The minimum Gasteiger partial charge on any atom is -0.466 e. The number of carbonyl (C=O) groups excluding carboxylic acids is 1. The molecule has 0 N–H and O–H groups in total. The van der Waals surface area contributed by atoms with Gasteiger partial charge in [-0.2, -0.15) is 0 Å². The maximum absolute atomic E-state index is 11.2. The predicted molar refractivity (Wildman–Crippen MR) is 104 cm³/mol. The second kappa shape index (κ2) is 10.8. The molecule has 1 saturated carbocycles. The van der Waals surface area contributed by atoms with Gasteiger partial charge in [-0.25, -0.2) is 0 Å². The molecule has 26 heavy (non-hydrogen) atoms. The lowest BCUT2D eigenvalue weighted by molar-refractivity contribution is -0.143. The molecule has 0 saturated heterocycles. The highest BCUT2D eigenvalue weighted by molar-refractivity contribution is 6.74. The van der Waals surface area contributed by atoms with Gasteiger partial charge in [0.05, 0.1) is 25.9 Å². The minimum atomic E-state index is -1.80. The average molecular weight is 391 g/mol. The quantitative estimate of drug-likeness (QED) is 0.232. The Morgan fingerprint density at radius 3 is 2.23 bits per heavy atom. The van der Waals surface area contributed by atoms with Crippen LogP contribution in [-0.2, 0) is 28.2 Å². The van der Waals surface area contributed by atoms with Crippen molar-refractivity contribution in [1.82, 2.24) is 0 Å². The van der Waals surface area contributed by atoms with Gasteiger partial charge in [-0.05, 0) is 36.9 Å². The number of rotatable bonds is 11. The van der Waals surface area contributed by atoms with Gasteiger partial charge in [0, 0.05) is 26.6 Å². The molecule has 1 rings (SSSR count). The highest BCUT2D eigenvalue weighted by Gasteiger charge is 2.41. The van der Waals surface area contributed by atoms with E-state index in [1.165, 1.54) is 6.92 Å². The Hall–Kier alpha value is -0.473. The molecule has 1 aliphatic rings. The van der Waals surface area contributed by atoms with Crippen LogP contribution in [0, 0.1) is 11.8 Å². The van der Waals surface area contributed by atoms with Crippen molar-refractivity contribution in [2.45, 2.75) is 64.8 Å². The van der Waals surface area contributed by atoms with Crippen molar-refractivity contribution >= 4 is 14.3 Å². The third kappa shape index (κ3) is 8.04. The summed E-state index contributed by atoms with van der Waals surface area (Å²) >= 11 is 0. The SMILES string of the molecule is COCCOCO[C@@H]1C[C@@H](COC(C)=O)[C@H](CO[Si](C)(C)C(C)(C)C)C1. The Morgan fingerprint density at radius 1 is 1.08 bits per heavy atom. The lowest BCUT2D eigenvalue weighted by Gasteiger charge is -2.37. The summed E-state index contributed by atoms with van der Waals surface area (Å²) in [4.78, 5) is 11.2. The van der Waals surface area contributed by atoms with Crippen LogP contribution in [0.4, 0.5) is 0 Å². The summed E-state index contributed by atoms with van der Waals surface area (Å²) in [6, 6.07) is 0. The van der Waals surface area contributed by atoms with Crippen molar-refractivity contribution in [2.75, 3.05) is 40.3 Å². The molecule has 0 aromatic rings. The first kappa shape index (κ1) is 23.6. The van der Waals surface area contributed by atoms with E-state index in [1.807, 2.05) is 0 Å². The van der Waals surface area contributed by atoms with Gasteiger partial charge in [0.1, 0.15) is 6.79 Å². The van der Waals surface area contributed by atoms with Crippen molar-refractivity contribution in [2.24, 2.45) is 11.8 Å². The van der Waals surface area contributed by atoms with Crippen molar-refractivity contribution in [3.05, 3.63) is 0 Å². The first-order valence-corrected chi connectivity index (χ1v) is 12.4. The highest BCUT2D eigenvalue weighted by Crippen LogP contribution is 2.39. The Balaban J connectivity index is 2.53. The van der Waals surface area contributed by atoms with E-state index in [0.717, 1.165) is 12.8 Å². The zero-order valence-electron chi connectivity index (χ0n) is 17.6. The van der Waals surface area contributed by atoms with Crippen LogP contribution in [0.15, 0.2) is 0 Å². The van der Waals surface area contributed by atoms with Gasteiger partial charge in [0.2, 0.25) is 0 Å². The van der Waals surface area contributed by atoms with Crippen molar-refractivity contribution in [1.29, 1.82) is 0 Å². The Morgan fingerprint density at radius 2 is 1.69 bits per heavy atom. The molecule has 0 spiro atoms. The fourth-order valence-corrected chi connectivity index (χ4v) is 3.87. The minimum absolute atomic E-state index is 0.117. The molecule has 0 heterocycles. The highest BCUT2D eigenvalue weighted by atomic mass is 28.4. The maximum atomic E-state index is 11.2.